The Morgan fingerprint density at radius 3 is 2.16 bits per heavy atom. The molecule has 216 valence electrons. The fourth-order valence-corrected chi connectivity index (χ4v) is 8.21. The lowest BCUT2D eigenvalue weighted by molar-refractivity contribution is -0.203. The number of hydroxylamine groups is 1. The summed E-state index contributed by atoms with van der Waals surface area (Å²) in [4.78, 5) is 32.8. The third-order valence-electron chi connectivity index (χ3n) is 8.08. The summed E-state index contributed by atoms with van der Waals surface area (Å²) < 4.78 is 31.8. The van der Waals surface area contributed by atoms with Crippen molar-refractivity contribution in [2.45, 2.75) is 116 Å². The van der Waals surface area contributed by atoms with Crippen molar-refractivity contribution in [3.63, 3.8) is 0 Å². The molecule has 4 N–H and O–H groups in total. The average molecular weight is 546 g/mol. The van der Waals surface area contributed by atoms with E-state index in [1.807, 2.05) is 27.7 Å². The Labute approximate surface area is 224 Å². The third kappa shape index (κ3) is 9.18. The van der Waals surface area contributed by atoms with Crippen molar-refractivity contribution < 1.29 is 27.6 Å². The normalized spacial score (nSPS) is 22.9. The number of nitrogens with one attached hydrogen (secondary N) is 2. The number of amides is 2. The molecular formula is C27H51N3O6S. The van der Waals surface area contributed by atoms with E-state index in [1.165, 1.54) is 12.7 Å². The van der Waals surface area contributed by atoms with Gasteiger partial charge in [-0.05, 0) is 56.3 Å². The molecule has 0 bridgehead atoms. The molecule has 1 saturated carbocycles. The lowest BCUT2D eigenvalue weighted by Crippen LogP contribution is -2.59. The number of hydrogen-bond acceptors (Lipinski definition) is 7. The minimum Gasteiger partial charge on any atom is -0.350 e. The van der Waals surface area contributed by atoms with E-state index in [0.717, 1.165) is 38.5 Å². The first-order valence-electron chi connectivity index (χ1n) is 14.2. The second-order valence-electron chi connectivity index (χ2n) is 12.1. The van der Waals surface area contributed by atoms with Crippen molar-refractivity contribution in [1.29, 1.82) is 0 Å². The summed E-state index contributed by atoms with van der Waals surface area (Å²) in [7, 11) is -3.80. The minimum absolute atomic E-state index is 0.0142. The molecule has 37 heavy (non-hydrogen) atoms. The zero-order valence-electron chi connectivity index (χ0n) is 23.6. The first kappa shape index (κ1) is 32.0. The second kappa shape index (κ2) is 14.8. The number of ether oxygens (including phenoxy) is 1. The summed E-state index contributed by atoms with van der Waals surface area (Å²) in [5, 5.41) is 0. The van der Waals surface area contributed by atoms with Crippen LogP contribution in [0, 0.1) is 29.6 Å². The van der Waals surface area contributed by atoms with E-state index < -0.39 is 44.5 Å². The standard InChI is InChI=1S/C27H51N3O6S/c1-19(2)17-22(25(31)29-28)24(26(32)30-36-23-13-9-10-16-35-23)27(18-20(3)4,37(5,33)34)15-14-21-11-7-6-8-12-21/h19-24H,6-18,28H2,1-5H3,(H,29,31)(H,30,32)/t22-,23?,24+,27?/m1/s1. The molecule has 2 fully saturated rings. The molecule has 2 rings (SSSR count). The number of carbonyl (C=O) groups excluding carboxylic acids is 2. The van der Waals surface area contributed by atoms with E-state index in [2.05, 4.69) is 10.9 Å². The van der Waals surface area contributed by atoms with E-state index in [9.17, 15) is 18.0 Å². The predicted molar refractivity (Wildman–Crippen MR) is 144 cm³/mol. The van der Waals surface area contributed by atoms with Gasteiger partial charge in [0.1, 0.15) is 0 Å². The highest BCUT2D eigenvalue weighted by atomic mass is 32.2. The molecule has 1 saturated heterocycles. The highest BCUT2D eigenvalue weighted by Gasteiger charge is 2.55. The van der Waals surface area contributed by atoms with Crippen LogP contribution < -0.4 is 16.7 Å². The van der Waals surface area contributed by atoms with Gasteiger partial charge in [-0.1, -0.05) is 59.8 Å². The zero-order valence-corrected chi connectivity index (χ0v) is 24.4. The Morgan fingerprint density at radius 1 is 1.00 bits per heavy atom. The van der Waals surface area contributed by atoms with Gasteiger partial charge in [-0.2, -0.15) is 0 Å². The van der Waals surface area contributed by atoms with Gasteiger partial charge in [0, 0.05) is 19.3 Å². The Bertz CT molecular complexity index is 822. The largest absolute Gasteiger partial charge is 0.350 e. The van der Waals surface area contributed by atoms with Crippen molar-refractivity contribution in [2.24, 2.45) is 35.4 Å². The van der Waals surface area contributed by atoms with Crippen molar-refractivity contribution >= 4 is 21.7 Å². The summed E-state index contributed by atoms with van der Waals surface area (Å²) in [5.74, 6) is 2.81. The fraction of sp³-hybridized carbons (Fsp3) is 0.926. The molecule has 1 aliphatic heterocycles. The second-order valence-corrected chi connectivity index (χ2v) is 14.4. The summed E-state index contributed by atoms with van der Waals surface area (Å²) in [5.41, 5.74) is 4.74. The van der Waals surface area contributed by atoms with Gasteiger partial charge >= 0.3 is 0 Å². The Hall–Kier alpha value is -1.23. The van der Waals surface area contributed by atoms with Crippen LogP contribution in [0.25, 0.3) is 0 Å². The van der Waals surface area contributed by atoms with Crippen molar-refractivity contribution in [2.75, 3.05) is 12.9 Å². The maximum absolute atomic E-state index is 14.0. The van der Waals surface area contributed by atoms with Crippen LogP contribution in [0.4, 0.5) is 0 Å². The summed E-state index contributed by atoms with van der Waals surface area (Å²) >= 11 is 0. The minimum atomic E-state index is -3.80. The van der Waals surface area contributed by atoms with Gasteiger partial charge < -0.3 is 4.74 Å². The molecule has 1 aliphatic carbocycles. The first-order valence-corrected chi connectivity index (χ1v) is 16.1. The van der Waals surface area contributed by atoms with Crippen LogP contribution >= 0.6 is 0 Å². The highest BCUT2D eigenvalue weighted by molar-refractivity contribution is 7.92. The number of sulfone groups is 1. The quantitative estimate of drug-likeness (QED) is 0.170. The number of nitrogens with two attached hydrogens (primary N) is 1. The predicted octanol–water partition coefficient (Wildman–Crippen LogP) is 4.02. The molecule has 0 spiro atoms. The van der Waals surface area contributed by atoms with E-state index in [4.69, 9.17) is 15.4 Å². The Morgan fingerprint density at radius 2 is 1.65 bits per heavy atom. The van der Waals surface area contributed by atoms with Crippen LogP contribution in [0.3, 0.4) is 0 Å². The molecule has 2 amide bonds. The molecule has 9 nitrogen and oxygen atoms in total. The molecular weight excluding hydrogens is 494 g/mol. The fourth-order valence-electron chi connectivity index (χ4n) is 6.36. The molecule has 4 atom stereocenters. The van der Waals surface area contributed by atoms with Gasteiger partial charge in [0.25, 0.3) is 0 Å². The van der Waals surface area contributed by atoms with Gasteiger partial charge in [-0.15, -0.1) is 0 Å². The van der Waals surface area contributed by atoms with Gasteiger partial charge in [0.05, 0.1) is 16.6 Å². The zero-order chi connectivity index (χ0) is 27.6. The molecule has 10 heteroatoms. The van der Waals surface area contributed by atoms with Crippen LogP contribution in [-0.4, -0.2) is 44.1 Å². The maximum Gasteiger partial charge on any atom is 0.249 e. The Kier molecular flexibility index (Phi) is 12.8. The van der Waals surface area contributed by atoms with Crippen molar-refractivity contribution in [1.82, 2.24) is 10.9 Å². The van der Waals surface area contributed by atoms with Gasteiger partial charge in [-0.3, -0.25) is 15.0 Å². The Balaban J connectivity index is 2.54. The van der Waals surface area contributed by atoms with Gasteiger partial charge in [0.2, 0.25) is 11.8 Å². The average Bonchev–Trinajstić information content (AvgIpc) is 2.85. The van der Waals surface area contributed by atoms with E-state index in [1.54, 1.807) is 0 Å². The molecule has 0 radical (unpaired) electrons. The lowest BCUT2D eigenvalue weighted by Gasteiger charge is -2.44. The van der Waals surface area contributed by atoms with E-state index in [-0.39, 0.29) is 18.3 Å². The van der Waals surface area contributed by atoms with E-state index >= 15 is 0 Å². The van der Waals surface area contributed by atoms with Gasteiger partial charge in [0.15, 0.2) is 16.1 Å². The molecule has 2 aliphatic rings. The van der Waals surface area contributed by atoms with Crippen LogP contribution in [-0.2, 0) is 29.0 Å². The topological polar surface area (TPSA) is 137 Å². The maximum atomic E-state index is 14.0. The van der Waals surface area contributed by atoms with Gasteiger partial charge in [-0.25, -0.2) is 24.6 Å². The molecule has 2 unspecified atom stereocenters. The lowest BCUT2D eigenvalue weighted by atomic mass is 9.70. The number of carbonyl (C=O) groups is 2. The smallest absolute Gasteiger partial charge is 0.249 e. The molecule has 1 heterocycles. The summed E-state index contributed by atoms with van der Waals surface area (Å²) in [6, 6.07) is 0. The first-order chi connectivity index (χ1) is 17.4. The summed E-state index contributed by atoms with van der Waals surface area (Å²) in [6.07, 6.45) is 10.3. The molecule has 0 aromatic heterocycles. The monoisotopic (exact) mass is 545 g/mol. The van der Waals surface area contributed by atoms with Crippen LogP contribution in [0.2, 0.25) is 0 Å². The summed E-state index contributed by atoms with van der Waals surface area (Å²) in [6.45, 7) is 8.36. The number of hydrogen-bond donors (Lipinski definition) is 3. The molecule has 0 aromatic rings. The van der Waals surface area contributed by atoms with Crippen LogP contribution in [0.1, 0.15) is 105 Å². The van der Waals surface area contributed by atoms with Crippen LogP contribution in [0.5, 0.6) is 0 Å². The number of rotatable bonds is 14. The number of hydrazine groups is 1. The van der Waals surface area contributed by atoms with E-state index in [0.29, 0.717) is 38.2 Å². The highest BCUT2D eigenvalue weighted by Crippen LogP contribution is 2.45. The van der Waals surface area contributed by atoms with Crippen molar-refractivity contribution in [3.05, 3.63) is 0 Å². The van der Waals surface area contributed by atoms with Crippen LogP contribution in [0.15, 0.2) is 0 Å². The molecule has 0 aromatic carbocycles. The SMILES string of the molecule is CC(C)C[C@@H](C(=O)NN)[C@@H](C(=O)NOC1CCCCO1)C(CCC1CCCCC1)(CC(C)C)S(C)(=O)=O. The third-order valence-corrected chi connectivity index (χ3v) is 10.2. The van der Waals surface area contributed by atoms with Crippen molar-refractivity contribution in [3.8, 4) is 0 Å².